The van der Waals surface area contributed by atoms with Crippen molar-refractivity contribution in [3.05, 3.63) is 17.5 Å². The van der Waals surface area contributed by atoms with Gasteiger partial charge in [0.1, 0.15) is 5.69 Å². The van der Waals surface area contributed by atoms with Gasteiger partial charge in [0.2, 0.25) is 0 Å². The van der Waals surface area contributed by atoms with Gasteiger partial charge >= 0.3 is 0 Å². The smallest absolute Gasteiger partial charge is 0.269 e. The molecule has 1 aromatic rings. The van der Waals surface area contributed by atoms with Crippen LogP contribution in [0.3, 0.4) is 0 Å². The second-order valence-electron chi connectivity index (χ2n) is 5.70. The predicted octanol–water partition coefficient (Wildman–Crippen LogP) is 1.85. The Labute approximate surface area is 120 Å². The standard InChI is InChI=1S/C15H26N4O/c1-3-19-14(9-11(2)18-19)15(20)17-13(10-16)12-7-5-4-6-8-12/h9,12-13H,3-8,10,16H2,1-2H3,(H,17,20). The third-order valence-corrected chi connectivity index (χ3v) is 4.22. The monoisotopic (exact) mass is 278 g/mol. The molecular weight excluding hydrogens is 252 g/mol. The van der Waals surface area contributed by atoms with Crippen molar-refractivity contribution in [1.82, 2.24) is 15.1 Å². The van der Waals surface area contributed by atoms with Gasteiger partial charge in [-0.1, -0.05) is 19.3 Å². The molecule has 1 aliphatic rings. The molecule has 1 fully saturated rings. The molecule has 1 amide bonds. The van der Waals surface area contributed by atoms with Crippen LogP contribution in [-0.2, 0) is 6.54 Å². The molecule has 1 aliphatic carbocycles. The molecular formula is C15H26N4O. The number of amides is 1. The van der Waals surface area contributed by atoms with E-state index < -0.39 is 0 Å². The summed E-state index contributed by atoms with van der Waals surface area (Å²) in [4.78, 5) is 12.4. The Bertz CT molecular complexity index is 449. The minimum Gasteiger partial charge on any atom is -0.346 e. The highest BCUT2D eigenvalue weighted by atomic mass is 16.2. The van der Waals surface area contributed by atoms with Crippen molar-refractivity contribution >= 4 is 5.91 Å². The SMILES string of the molecule is CCn1nc(C)cc1C(=O)NC(CN)C1CCCCC1. The van der Waals surface area contributed by atoms with Crippen molar-refractivity contribution in [3.63, 3.8) is 0 Å². The number of nitrogens with one attached hydrogen (secondary N) is 1. The van der Waals surface area contributed by atoms with E-state index in [9.17, 15) is 4.79 Å². The lowest BCUT2D eigenvalue weighted by molar-refractivity contribution is 0.0904. The van der Waals surface area contributed by atoms with Crippen LogP contribution in [0, 0.1) is 12.8 Å². The number of rotatable bonds is 5. The molecule has 3 N–H and O–H groups in total. The molecule has 0 bridgehead atoms. The van der Waals surface area contributed by atoms with Crippen molar-refractivity contribution in [2.24, 2.45) is 11.7 Å². The maximum atomic E-state index is 12.4. The Morgan fingerprint density at radius 2 is 2.20 bits per heavy atom. The van der Waals surface area contributed by atoms with Gasteiger partial charge in [-0.3, -0.25) is 9.48 Å². The van der Waals surface area contributed by atoms with Crippen molar-refractivity contribution in [3.8, 4) is 0 Å². The number of carbonyl (C=O) groups is 1. The molecule has 5 heteroatoms. The van der Waals surface area contributed by atoms with Crippen LogP contribution in [0.15, 0.2) is 6.07 Å². The topological polar surface area (TPSA) is 72.9 Å². The first-order chi connectivity index (χ1) is 9.65. The average molecular weight is 278 g/mol. The second-order valence-corrected chi connectivity index (χ2v) is 5.70. The van der Waals surface area contributed by atoms with Gasteiger partial charge in [-0.25, -0.2) is 0 Å². The predicted molar refractivity (Wildman–Crippen MR) is 79.5 cm³/mol. The van der Waals surface area contributed by atoms with Crippen molar-refractivity contribution < 1.29 is 4.79 Å². The molecule has 1 unspecified atom stereocenters. The van der Waals surface area contributed by atoms with E-state index in [0.29, 0.717) is 24.7 Å². The summed E-state index contributed by atoms with van der Waals surface area (Å²) in [6.07, 6.45) is 6.16. The molecule has 1 heterocycles. The first-order valence-electron chi connectivity index (χ1n) is 7.71. The zero-order valence-electron chi connectivity index (χ0n) is 12.6. The van der Waals surface area contributed by atoms with E-state index >= 15 is 0 Å². The number of hydrogen-bond acceptors (Lipinski definition) is 3. The minimum atomic E-state index is -0.0477. The number of aryl methyl sites for hydroxylation is 2. The molecule has 2 rings (SSSR count). The van der Waals surface area contributed by atoms with E-state index in [1.165, 1.54) is 32.1 Å². The summed E-state index contributed by atoms with van der Waals surface area (Å²) in [5, 5.41) is 7.44. The van der Waals surface area contributed by atoms with Crippen molar-refractivity contribution in [2.45, 2.75) is 58.5 Å². The zero-order valence-corrected chi connectivity index (χ0v) is 12.6. The van der Waals surface area contributed by atoms with Gasteiger partial charge in [0.15, 0.2) is 0 Å². The van der Waals surface area contributed by atoms with Crippen LogP contribution in [0.4, 0.5) is 0 Å². The Balaban J connectivity index is 2.04. The summed E-state index contributed by atoms with van der Waals surface area (Å²) in [5.74, 6) is 0.477. The maximum absolute atomic E-state index is 12.4. The third kappa shape index (κ3) is 3.39. The van der Waals surface area contributed by atoms with Gasteiger partial charge in [0, 0.05) is 19.1 Å². The van der Waals surface area contributed by atoms with E-state index in [1.807, 2.05) is 19.9 Å². The van der Waals surface area contributed by atoms with Crippen LogP contribution in [0.5, 0.6) is 0 Å². The normalized spacial score (nSPS) is 17.9. The fraction of sp³-hybridized carbons (Fsp3) is 0.733. The minimum absolute atomic E-state index is 0.0477. The van der Waals surface area contributed by atoms with E-state index in [0.717, 1.165) is 5.69 Å². The molecule has 0 radical (unpaired) electrons. The van der Waals surface area contributed by atoms with Crippen LogP contribution >= 0.6 is 0 Å². The highest BCUT2D eigenvalue weighted by Gasteiger charge is 2.25. The zero-order chi connectivity index (χ0) is 14.5. The van der Waals surface area contributed by atoms with Crippen LogP contribution in [-0.4, -0.2) is 28.3 Å². The third-order valence-electron chi connectivity index (χ3n) is 4.22. The van der Waals surface area contributed by atoms with Gasteiger partial charge in [-0.15, -0.1) is 0 Å². The van der Waals surface area contributed by atoms with Gasteiger partial charge in [0.25, 0.3) is 5.91 Å². The Morgan fingerprint density at radius 1 is 1.50 bits per heavy atom. The van der Waals surface area contributed by atoms with Crippen molar-refractivity contribution in [2.75, 3.05) is 6.54 Å². The van der Waals surface area contributed by atoms with Gasteiger partial charge < -0.3 is 11.1 Å². The fourth-order valence-electron chi connectivity index (χ4n) is 3.12. The summed E-state index contributed by atoms with van der Waals surface area (Å²) >= 11 is 0. The van der Waals surface area contributed by atoms with Crippen LogP contribution in [0.25, 0.3) is 0 Å². The van der Waals surface area contributed by atoms with Crippen molar-refractivity contribution in [1.29, 1.82) is 0 Å². The maximum Gasteiger partial charge on any atom is 0.269 e. The number of carbonyl (C=O) groups excluding carboxylic acids is 1. The Hall–Kier alpha value is -1.36. The summed E-state index contributed by atoms with van der Waals surface area (Å²) in [5.41, 5.74) is 7.38. The molecule has 0 spiro atoms. The lowest BCUT2D eigenvalue weighted by Gasteiger charge is -2.30. The lowest BCUT2D eigenvalue weighted by atomic mass is 9.84. The summed E-state index contributed by atoms with van der Waals surface area (Å²) in [6.45, 7) is 5.11. The van der Waals surface area contributed by atoms with Gasteiger partial charge in [0.05, 0.1) is 5.69 Å². The number of nitrogens with zero attached hydrogens (tertiary/aromatic N) is 2. The summed E-state index contributed by atoms with van der Waals surface area (Å²) in [7, 11) is 0. The Morgan fingerprint density at radius 3 is 2.80 bits per heavy atom. The molecule has 112 valence electrons. The quantitative estimate of drug-likeness (QED) is 0.863. The number of hydrogen-bond donors (Lipinski definition) is 2. The molecule has 0 saturated heterocycles. The molecule has 1 atom stereocenters. The number of nitrogens with two attached hydrogens (primary N) is 1. The Kier molecular flexibility index (Phi) is 5.17. The van der Waals surface area contributed by atoms with E-state index in [-0.39, 0.29) is 11.9 Å². The molecule has 5 nitrogen and oxygen atoms in total. The first-order valence-corrected chi connectivity index (χ1v) is 7.71. The molecule has 20 heavy (non-hydrogen) atoms. The highest BCUT2D eigenvalue weighted by Crippen LogP contribution is 2.26. The summed E-state index contributed by atoms with van der Waals surface area (Å²) < 4.78 is 1.75. The fourth-order valence-corrected chi connectivity index (χ4v) is 3.12. The van der Waals surface area contributed by atoms with E-state index in [2.05, 4.69) is 10.4 Å². The van der Waals surface area contributed by atoms with Gasteiger partial charge in [-0.2, -0.15) is 5.10 Å². The lowest BCUT2D eigenvalue weighted by Crippen LogP contribution is -2.46. The molecule has 0 aliphatic heterocycles. The highest BCUT2D eigenvalue weighted by molar-refractivity contribution is 5.92. The largest absolute Gasteiger partial charge is 0.346 e. The van der Waals surface area contributed by atoms with Gasteiger partial charge in [-0.05, 0) is 38.7 Å². The molecule has 0 aromatic carbocycles. The average Bonchev–Trinajstić information content (AvgIpc) is 2.86. The first kappa shape index (κ1) is 15.0. The molecule has 1 aromatic heterocycles. The molecule has 1 saturated carbocycles. The van der Waals surface area contributed by atoms with E-state index in [1.54, 1.807) is 4.68 Å². The summed E-state index contributed by atoms with van der Waals surface area (Å²) in [6, 6.07) is 1.93. The second kappa shape index (κ2) is 6.88. The number of aromatic nitrogens is 2. The van der Waals surface area contributed by atoms with E-state index in [4.69, 9.17) is 5.73 Å². The van der Waals surface area contributed by atoms with Crippen LogP contribution < -0.4 is 11.1 Å². The van der Waals surface area contributed by atoms with Crippen LogP contribution in [0.1, 0.15) is 55.2 Å². The van der Waals surface area contributed by atoms with Crippen LogP contribution in [0.2, 0.25) is 0 Å².